The Kier molecular flexibility index (Phi) is 7.38. The second-order valence-corrected chi connectivity index (χ2v) is 11.6. The van der Waals surface area contributed by atoms with Crippen LogP contribution in [0.25, 0.3) is 22.0 Å². The van der Waals surface area contributed by atoms with E-state index in [2.05, 4.69) is 21.7 Å². The number of benzene rings is 2. The zero-order valence-electron chi connectivity index (χ0n) is 23.0. The van der Waals surface area contributed by atoms with Gasteiger partial charge < -0.3 is 25.2 Å². The average Bonchev–Trinajstić information content (AvgIpc) is 3.74. The molecule has 2 saturated carbocycles. The van der Waals surface area contributed by atoms with Crippen molar-refractivity contribution in [2.45, 2.75) is 77.0 Å². The standard InChI is InChI=1S/C31H37N3O5/c1-31(2,3)39-30(37)34-22-11-9-21(10-12-22)33-28-23-15-19(20-8-14-26(35)27(16-20)38-4)7-13-25(23)32-17-24(28)29(36)18-5-6-18/h7-8,13-18,21-22,35H,5-6,9-12H2,1-4H3,(H,32,33)(H,34,37)/t21-,22-. The number of ether oxygens (including phenoxy) is 2. The number of phenols is 1. The summed E-state index contributed by atoms with van der Waals surface area (Å²) in [5.41, 5.74) is 3.57. The van der Waals surface area contributed by atoms with E-state index in [1.54, 1.807) is 18.3 Å². The van der Waals surface area contributed by atoms with Crippen LogP contribution in [0.3, 0.4) is 0 Å². The number of Topliss-reactive ketones (excluding diaryl/α,β-unsaturated/α-hetero) is 1. The Morgan fingerprint density at radius 1 is 0.949 bits per heavy atom. The van der Waals surface area contributed by atoms with Crippen molar-refractivity contribution in [1.82, 2.24) is 10.3 Å². The highest BCUT2D eigenvalue weighted by atomic mass is 16.6. The Labute approximate surface area is 229 Å². The number of alkyl carbamates (subject to hydrolysis) is 1. The van der Waals surface area contributed by atoms with Gasteiger partial charge in [0.2, 0.25) is 0 Å². The fourth-order valence-corrected chi connectivity index (χ4v) is 5.20. The number of aromatic hydroxyl groups is 1. The third kappa shape index (κ3) is 6.27. The number of rotatable bonds is 7. The van der Waals surface area contributed by atoms with E-state index < -0.39 is 5.60 Å². The van der Waals surface area contributed by atoms with Gasteiger partial charge >= 0.3 is 6.09 Å². The number of anilines is 1. The number of carbonyl (C=O) groups is 2. The van der Waals surface area contributed by atoms with Crippen LogP contribution in [0.4, 0.5) is 10.5 Å². The van der Waals surface area contributed by atoms with Crippen LogP contribution >= 0.6 is 0 Å². The fraction of sp³-hybridized carbons (Fsp3) is 0.452. The Morgan fingerprint density at radius 2 is 1.62 bits per heavy atom. The molecule has 0 aliphatic heterocycles. The largest absolute Gasteiger partial charge is 0.504 e. The van der Waals surface area contributed by atoms with Gasteiger partial charge in [0.1, 0.15) is 5.60 Å². The summed E-state index contributed by atoms with van der Waals surface area (Å²) in [5, 5.41) is 17.6. The van der Waals surface area contributed by atoms with Crippen LogP contribution in [0.5, 0.6) is 11.5 Å². The minimum absolute atomic E-state index is 0.0655. The lowest BCUT2D eigenvalue weighted by Gasteiger charge is -2.31. The number of phenolic OH excluding ortho intramolecular Hbond substituents is 1. The van der Waals surface area contributed by atoms with E-state index in [1.807, 2.05) is 39.0 Å². The van der Waals surface area contributed by atoms with E-state index in [0.717, 1.165) is 66.2 Å². The molecule has 39 heavy (non-hydrogen) atoms. The number of nitrogens with zero attached hydrogens (tertiary/aromatic N) is 1. The zero-order valence-corrected chi connectivity index (χ0v) is 23.0. The summed E-state index contributed by atoms with van der Waals surface area (Å²) in [6.45, 7) is 5.57. The van der Waals surface area contributed by atoms with Gasteiger partial charge in [-0.25, -0.2) is 4.79 Å². The third-order valence-corrected chi connectivity index (χ3v) is 7.39. The number of nitrogens with one attached hydrogen (secondary N) is 2. The molecule has 0 unspecified atom stereocenters. The number of hydrogen-bond acceptors (Lipinski definition) is 7. The maximum atomic E-state index is 13.3. The highest BCUT2D eigenvalue weighted by Crippen LogP contribution is 2.39. The number of pyridine rings is 1. The summed E-state index contributed by atoms with van der Waals surface area (Å²) in [6, 6.07) is 11.5. The molecule has 5 rings (SSSR count). The average molecular weight is 532 g/mol. The third-order valence-electron chi connectivity index (χ3n) is 7.39. The molecule has 1 aromatic heterocycles. The number of fused-ring (bicyclic) bond motifs is 1. The lowest BCUT2D eigenvalue weighted by molar-refractivity contribution is 0.0492. The van der Waals surface area contributed by atoms with Gasteiger partial charge in [0.25, 0.3) is 0 Å². The molecule has 2 aliphatic rings. The molecule has 2 aliphatic carbocycles. The van der Waals surface area contributed by atoms with Gasteiger partial charge in [0.05, 0.1) is 23.9 Å². The van der Waals surface area contributed by atoms with Crippen LogP contribution in [0, 0.1) is 5.92 Å². The molecule has 206 valence electrons. The smallest absolute Gasteiger partial charge is 0.407 e. The van der Waals surface area contributed by atoms with Crippen molar-refractivity contribution in [3.05, 3.63) is 48.2 Å². The van der Waals surface area contributed by atoms with E-state index in [1.165, 1.54) is 7.11 Å². The fourth-order valence-electron chi connectivity index (χ4n) is 5.20. The van der Waals surface area contributed by atoms with Crippen molar-refractivity contribution in [1.29, 1.82) is 0 Å². The first kappa shape index (κ1) is 26.8. The second kappa shape index (κ2) is 10.8. The van der Waals surface area contributed by atoms with Gasteiger partial charge in [-0.2, -0.15) is 0 Å². The van der Waals surface area contributed by atoms with Crippen LogP contribution < -0.4 is 15.4 Å². The molecule has 8 nitrogen and oxygen atoms in total. The van der Waals surface area contributed by atoms with E-state index >= 15 is 0 Å². The monoisotopic (exact) mass is 531 g/mol. The van der Waals surface area contributed by atoms with E-state index in [9.17, 15) is 14.7 Å². The predicted octanol–water partition coefficient (Wildman–Crippen LogP) is 6.46. The molecule has 0 spiro atoms. The Balaban J connectivity index is 1.41. The predicted molar refractivity (Wildman–Crippen MR) is 151 cm³/mol. The maximum Gasteiger partial charge on any atom is 0.407 e. The van der Waals surface area contributed by atoms with E-state index in [-0.39, 0.29) is 35.6 Å². The summed E-state index contributed by atoms with van der Waals surface area (Å²) in [5.74, 6) is 0.700. The SMILES string of the molecule is COc1cc(-c2ccc3ncc(C(=O)C4CC4)c(N[C@H]4CC[C@H](NC(=O)OC(C)(C)C)CC4)c3c2)ccc1O. The minimum atomic E-state index is -0.528. The molecule has 8 heteroatoms. The number of hydrogen-bond donors (Lipinski definition) is 3. The first-order chi connectivity index (χ1) is 18.6. The summed E-state index contributed by atoms with van der Waals surface area (Å²) in [7, 11) is 1.53. The van der Waals surface area contributed by atoms with Crippen molar-refractivity contribution >= 4 is 28.5 Å². The van der Waals surface area contributed by atoms with Crippen molar-refractivity contribution < 1.29 is 24.2 Å². The van der Waals surface area contributed by atoms with Crippen molar-refractivity contribution in [3.63, 3.8) is 0 Å². The minimum Gasteiger partial charge on any atom is -0.504 e. The molecule has 3 aromatic rings. The van der Waals surface area contributed by atoms with Gasteiger partial charge in [-0.1, -0.05) is 12.1 Å². The van der Waals surface area contributed by atoms with Crippen LogP contribution in [-0.4, -0.2) is 46.8 Å². The molecule has 0 atom stereocenters. The number of aromatic nitrogens is 1. The zero-order chi connectivity index (χ0) is 27.7. The van der Waals surface area contributed by atoms with Gasteiger partial charge in [0, 0.05) is 29.6 Å². The second-order valence-electron chi connectivity index (χ2n) is 11.6. The Bertz CT molecular complexity index is 1380. The lowest BCUT2D eigenvalue weighted by atomic mass is 9.90. The molecule has 1 amide bonds. The molecule has 3 N–H and O–H groups in total. The van der Waals surface area contributed by atoms with E-state index in [4.69, 9.17) is 9.47 Å². The lowest BCUT2D eigenvalue weighted by Crippen LogP contribution is -2.42. The summed E-state index contributed by atoms with van der Waals surface area (Å²) >= 11 is 0. The summed E-state index contributed by atoms with van der Waals surface area (Å²) < 4.78 is 10.7. The van der Waals surface area contributed by atoms with E-state index in [0.29, 0.717) is 11.3 Å². The summed E-state index contributed by atoms with van der Waals surface area (Å²) in [4.78, 5) is 30.2. The quantitative estimate of drug-likeness (QED) is 0.300. The van der Waals surface area contributed by atoms with Crippen LogP contribution in [-0.2, 0) is 4.74 Å². The Morgan fingerprint density at radius 3 is 2.28 bits per heavy atom. The van der Waals surface area contributed by atoms with Crippen molar-refractivity contribution in [2.75, 3.05) is 12.4 Å². The van der Waals surface area contributed by atoms with Crippen molar-refractivity contribution in [3.8, 4) is 22.6 Å². The molecule has 0 bridgehead atoms. The molecule has 2 aromatic carbocycles. The molecule has 1 heterocycles. The van der Waals surface area contributed by atoms with Crippen LogP contribution in [0.1, 0.15) is 69.7 Å². The van der Waals surface area contributed by atoms with Crippen LogP contribution in [0.15, 0.2) is 42.6 Å². The van der Waals surface area contributed by atoms with Gasteiger partial charge in [-0.15, -0.1) is 0 Å². The number of carbonyl (C=O) groups excluding carboxylic acids is 2. The highest BCUT2D eigenvalue weighted by molar-refractivity contribution is 6.10. The van der Waals surface area contributed by atoms with Crippen LogP contribution in [0.2, 0.25) is 0 Å². The molecule has 0 radical (unpaired) electrons. The van der Waals surface area contributed by atoms with Gasteiger partial charge in [0.15, 0.2) is 17.3 Å². The van der Waals surface area contributed by atoms with Gasteiger partial charge in [-0.3, -0.25) is 9.78 Å². The molecular formula is C31H37N3O5. The number of amides is 1. The first-order valence-electron chi connectivity index (χ1n) is 13.7. The van der Waals surface area contributed by atoms with Crippen molar-refractivity contribution in [2.24, 2.45) is 5.92 Å². The molecular weight excluding hydrogens is 494 g/mol. The molecule has 0 saturated heterocycles. The highest BCUT2D eigenvalue weighted by Gasteiger charge is 2.33. The summed E-state index contributed by atoms with van der Waals surface area (Å²) in [6.07, 6.45) is 6.54. The Hall–Kier alpha value is -3.81. The topological polar surface area (TPSA) is 110 Å². The van der Waals surface area contributed by atoms with Gasteiger partial charge in [-0.05, 0) is 94.7 Å². The maximum absolute atomic E-state index is 13.3. The number of ketones is 1. The normalized spacial score (nSPS) is 19.4. The number of methoxy groups -OCH3 is 1. The molecule has 2 fully saturated rings. The first-order valence-corrected chi connectivity index (χ1v) is 13.7.